The minimum Gasteiger partial charge on any atom is -0.435 e. The summed E-state index contributed by atoms with van der Waals surface area (Å²) in [5.74, 6) is -0.402. The van der Waals surface area contributed by atoms with Crippen LogP contribution in [0.3, 0.4) is 0 Å². The number of hydrogen-bond donors (Lipinski definition) is 2. The molecule has 0 saturated heterocycles. The second-order valence-corrected chi connectivity index (χ2v) is 2.03. The molecule has 0 aliphatic heterocycles. The number of rotatable bonds is 5. The summed E-state index contributed by atoms with van der Waals surface area (Å²) in [5.41, 5.74) is 0. The van der Waals surface area contributed by atoms with Gasteiger partial charge in [-0.05, 0) is 12.8 Å². The molecule has 0 radical (unpaired) electrons. The van der Waals surface area contributed by atoms with E-state index in [1.54, 1.807) is 0 Å². The number of aliphatic hydroxyl groups is 2. The topological polar surface area (TPSA) is 66.8 Å². The molecule has 0 amide bonds. The number of ether oxygens (including phenoxy) is 1. The number of aliphatic hydroxyl groups excluding tert-OH is 1. The molecule has 0 atom stereocenters. The maximum Gasteiger partial charge on any atom is 0.310 e. The lowest BCUT2D eigenvalue weighted by atomic mass is 10.2. The average Bonchev–Trinajstić information content (AvgIpc) is 1.87. The lowest BCUT2D eigenvalue weighted by molar-refractivity contribution is -0.138. The zero-order valence-corrected chi connectivity index (χ0v) is 6.19. The van der Waals surface area contributed by atoms with Gasteiger partial charge in [-0.3, -0.25) is 4.79 Å². The fourth-order valence-corrected chi connectivity index (χ4v) is 0.581. The fraction of sp³-hybridized carbons (Fsp3) is 0.571. The maximum atomic E-state index is 10.6. The van der Waals surface area contributed by atoms with Crippen molar-refractivity contribution >= 4 is 5.97 Å². The third kappa shape index (κ3) is 7.02. The third-order valence-electron chi connectivity index (χ3n) is 1.06. The van der Waals surface area contributed by atoms with Crippen molar-refractivity contribution in [3.05, 3.63) is 12.8 Å². The highest BCUT2D eigenvalue weighted by atomic mass is 16.5. The molecule has 0 rings (SSSR count). The Hall–Kier alpha value is -0.870. The molecular formula is C7H12O4. The molecule has 0 bridgehead atoms. The summed E-state index contributed by atoms with van der Waals surface area (Å²) >= 11 is 0. The van der Waals surface area contributed by atoms with Crippen LogP contribution in [0.5, 0.6) is 0 Å². The van der Waals surface area contributed by atoms with E-state index in [1.165, 1.54) is 0 Å². The molecule has 0 spiro atoms. The lowest BCUT2D eigenvalue weighted by Crippen LogP contribution is -2.06. The molecule has 11 heavy (non-hydrogen) atoms. The summed E-state index contributed by atoms with van der Waals surface area (Å²) in [4.78, 5) is 10.6. The highest BCUT2D eigenvalue weighted by molar-refractivity contribution is 5.69. The third-order valence-corrected chi connectivity index (χ3v) is 1.06. The second kappa shape index (κ2) is 5.88. The normalized spacial score (nSPS) is 9.73. The second-order valence-electron chi connectivity index (χ2n) is 2.03. The SMILES string of the molecule is C=COC(=O)CCCC(O)O. The predicted octanol–water partition coefficient (Wildman–Crippen LogP) is 0.154. The molecule has 0 saturated carbocycles. The van der Waals surface area contributed by atoms with Crippen LogP contribution < -0.4 is 0 Å². The van der Waals surface area contributed by atoms with Crippen LogP contribution in [0.1, 0.15) is 19.3 Å². The zero-order chi connectivity index (χ0) is 8.69. The molecule has 0 aromatic carbocycles. The number of esters is 1. The van der Waals surface area contributed by atoms with Gasteiger partial charge in [-0.25, -0.2) is 0 Å². The van der Waals surface area contributed by atoms with Crippen LogP contribution in [0, 0.1) is 0 Å². The highest BCUT2D eigenvalue weighted by Crippen LogP contribution is 1.99. The number of hydrogen-bond acceptors (Lipinski definition) is 4. The first-order chi connectivity index (χ1) is 5.16. The first kappa shape index (κ1) is 10.1. The largest absolute Gasteiger partial charge is 0.435 e. The first-order valence-corrected chi connectivity index (χ1v) is 3.33. The maximum absolute atomic E-state index is 10.6. The summed E-state index contributed by atoms with van der Waals surface area (Å²) in [6.45, 7) is 3.20. The molecule has 64 valence electrons. The summed E-state index contributed by atoms with van der Waals surface area (Å²) in [6.07, 6.45) is 0.490. The fourth-order valence-electron chi connectivity index (χ4n) is 0.581. The summed E-state index contributed by atoms with van der Waals surface area (Å²) in [7, 11) is 0. The van der Waals surface area contributed by atoms with Gasteiger partial charge in [0.2, 0.25) is 0 Å². The van der Waals surface area contributed by atoms with Crippen molar-refractivity contribution in [3.8, 4) is 0 Å². The summed E-state index contributed by atoms with van der Waals surface area (Å²) < 4.78 is 4.39. The van der Waals surface area contributed by atoms with Gasteiger partial charge < -0.3 is 14.9 Å². The van der Waals surface area contributed by atoms with Crippen LogP contribution in [0.4, 0.5) is 0 Å². The first-order valence-electron chi connectivity index (χ1n) is 3.33. The van der Waals surface area contributed by atoms with Gasteiger partial charge in [-0.1, -0.05) is 6.58 Å². The van der Waals surface area contributed by atoms with E-state index in [4.69, 9.17) is 10.2 Å². The van der Waals surface area contributed by atoms with Gasteiger partial charge in [0.1, 0.15) is 0 Å². The van der Waals surface area contributed by atoms with Crippen molar-refractivity contribution in [3.63, 3.8) is 0 Å². The quantitative estimate of drug-likeness (QED) is 0.341. The molecule has 2 N–H and O–H groups in total. The van der Waals surface area contributed by atoms with Crippen molar-refractivity contribution in [2.45, 2.75) is 25.6 Å². The molecule has 0 heterocycles. The molecule has 0 aliphatic carbocycles. The Morgan fingerprint density at radius 2 is 2.27 bits per heavy atom. The van der Waals surface area contributed by atoms with E-state index in [-0.39, 0.29) is 12.8 Å². The smallest absolute Gasteiger partial charge is 0.310 e. The van der Waals surface area contributed by atoms with Gasteiger partial charge in [0, 0.05) is 6.42 Å². The van der Waals surface area contributed by atoms with Crippen LogP contribution in [-0.2, 0) is 9.53 Å². The molecule has 0 aromatic rings. The van der Waals surface area contributed by atoms with Crippen LogP contribution >= 0.6 is 0 Å². The minimum atomic E-state index is -1.34. The van der Waals surface area contributed by atoms with Gasteiger partial charge >= 0.3 is 5.97 Å². The van der Waals surface area contributed by atoms with E-state index in [2.05, 4.69) is 11.3 Å². The standard InChI is InChI=1S/C7H12O4/c1-2-11-7(10)5-3-4-6(8)9/h2,6,8-9H,1,3-5H2. The molecule has 0 unspecified atom stereocenters. The van der Waals surface area contributed by atoms with Crippen molar-refractivity contribution in [2.75, 3.05) is 0 Å². The van der Waals surface area contributed by atoms with E-state index in [0.29, 0.717) is 6.42 Å². The van der Waals surface area contributed by atoms with E-state index >= 15 is 0 Å². The number of carbonyl (C=O) groups is 1. The molecule has 0 aliphatic rings. The Kier molecular flexibility index (Phi) is 5.42. The Morgan fingerprint density at radius 1 is 1.64 bits per heavy atom. The Bertz CT molecular complexity index is 130. The monoisotopic (exact) mass is 160 g/mol. The highest BCUT2D eigenvalue weighted by Gasteiger charge is 2.02. The molecule has 4 nitrogen and oxygen atoms in total. The van der Waals surface area contributed by atoms with E-state index in [1.807, 2.05) is 0 Å². The van der Waals surface area contributed by atoms with Crippen LogP contribution in [0.15, 0.2) is 12.8 Å². The molecule has 0 aromatic heterocycles. The zero-order valence-electron chi connectivity index (χ0n) is 6.19. The van der Waals surface area contributed by atoms with E-state index in [0.717, 1.165) is 6.26 Å². The lowest BCUT2D eigenvalue weighted by Gasteiger charge is -2.01. The molecular weight excluding hydrogens is 148 g/mol. The van der Waals surface area contributed by atoms with E-state index in [9.17, 15) is 4.79 Å². The minimum absolute atomic E-state index is 0.184. The molecule has 4 heteroatoms. The Morgan fingerprint density at radius 3 is 2.73 bits per heavy atom. The molecule has 0 fully saturated rings. The van der Waals surface area contributed by atoms with Gasteiger partial charge in [0.15, 0.2) is 6.29 Å². The van der Waals surface area contributed by atoms with Crippen molar-refractivity contribution < 1.29 is 19.7 Å². The van der Waals surface area contributed by atoms with Gasteiger partial charge in [-0.2, -0.15) is 0 Å². The van der Waals surface area contributed by atoms with Crippen LogP contribution in [0.25, 0.3) is 0 Å². The number of carbonyl (C=O) groups excluding carboxylic acids is 1. The average molecular weight is 160 g/mol. The van der Waals surface area contributed by atoms with Crippen molar-refractivity contribution in [1.82, 2.24) is 0 Å². The Labute approximate surface area is 65.1 Å². The van der Waals surface area contributed by atoms with Crippen LogP contribution in [-0.4, -0.2) is 22.5 Å². The van der Waals surface area contributed by atoms with Gasteiger partial charge in [-0.15, -0.1) is 0 Å². The van der Waals surface area contributed by atoms with Gasteiger partial charge in [0.25, 0.3) is 0 Å². The summed E-state index contributed by atoms with van der Waals surface area (Å²) in [5, 5.41) is 16.8. The van der Waals surface area contributed by atoms with E-state index < -0.39 is 12.3 Å². The van der Waals surface area contributed by atoms with Crippen molar-refractivity contribution in [2.24, 2.45) is 0 Å². The summed E-state index contributed by atoms with van der Waals surface area (Å²) in [6, 6.07) is 0. The van der Waals surface area contributed by atoms with Gasteiger partial charge in [0.05, 0.1) is 6.26 Å². The van der Waals surface area contributed by atoms with Crippen LogP contribution in [0.2, 0.25) is 0 Å². The predicted molar refractivity (Wildman–Crippen MR) is 38.4 cm³/mol. The Balaban J connectivity index is 3.24. The van der Waals surface area contributed by atoms with Crippen molar-refractivity contribution in [1.29, 1.82) is 0 Å².